The van der Waals surface area contributed by atoms with Crippen molar-refractivity contribution in [2.24, 2.45) is 0 Å². The minimum absolute atomic E-state index is 1.07. The first-order chi connectivity index (χ1) is 8.86. The minimum atomic E-state index is 1.07. The fourth-order valence-corrected chi connectivity index (χ4v) is 2.19. The molecule has 0 radical (unpaired) electrons. The Kier molecular flexibility index (Phi) is 2.69. The van der Waals surface area contributed by atoms with Gasteiger partial charge in [-0.25, -0.2) is 0 Å². The number of hydrogen-bond donors (Lipinski definition) is 1. The third-order valence-electron chi connectivity index (χ3n) is 3.14. The Hall–Kier alpha value is -2.35. The summed E-state index contributed by atoms with van der Waals surface area (Å²) < 4.78 is 0. The highest BCUT2D eigenvalue weighted by atomic mass is 15.1. The molecule has 0 aliphatic rings. The number of aromatic nitrogens is 2. The van der Waals surface area contributed by atoms with Gasteiger partial charge >= 0.3 is 0 Å². The van der Waals surface area contributed by atoms with Gasteiger partial charge in [0.25, 0.3) is 0 Å². The molecular formula is C16H14N2. The van der Waals surface area contributed by atoms with Crippen LogP contribution in [0.15, 0.2) is 60.8 Å². The molecule has 0 unspecified atom stereocenters. The van der Waals surface area contributed by atoms with Gasteiger partial charge in [0, 0.05) is 11.1 Å². The van der Waals surface area contributed by atoms with E-state index in [2.05, 4.69) is 53.5 Å². The van der Waals surface area contributed by atoms with Crippen LogP contribution < -0.4 is 0 Å². The number of nitrogens with one attached hydrogen (secondary N) is 1. The van der Waals surface area contributed by atoms with Crippen LogP contribution in [0.2, 0.25) is 0 Å². The van der Waals surface area contributed by atoms with Crippen molar-refractivity contribution in [3.63, 3.8) is 0 Å². The van der Waals surface area contributed by atoms with Crippen LogP contribution in [-0.2, 0) is 0 Å². The van der Waals surface area contributed by atoms with E-state index >= 15 is 0 Å². The number of hydrogen-bond acceptors (Lipinski definition) is 1. The molecular weight excluding hydrogens is 220 g/mol. The lowest BCUT2D eigenvalue weighted by Crippen LogP contribution is -1.85. The van der Waals surface area contributed by atoms with E-state index in [1.54, 1.807) is 0 Å². The van der Waals surface area contributed by atoms with E-state index in [1.807, 2.05) is 24.4 Å². The predicted molar refractivity (Wildman–Crippen MR) is 74.2 cm³/mol. The van der Waals surface area contributed by atoms with Crippen LogP contribution in [0.5, 0.6) is 0 Å². The second-order valence-corrected chi connectivity index (χ2v) is 4.34. The van der Waals surface area contributed by atoms with Crippen LogP contribution in [0.4, 0.5) is 0 Å². The molecule has 0 amide bonds. The van der Waals surface area contributed by atoms with Crippen LogP contribution in [-0.4, -0.2) is 10.2 Å². The van der Waals surface area contributed by atoms with Gasteiger partial charge in [0.1, 0.15) is 0 Å². The molecule has 0 bridgehead atoms. The maximum Gasteiger partial charge on any atom is 0.0728 e. The average Bonchev–Trinajstić information content (AvgIpc) is 2.89. The second kappa shape index (κ2) is 4.49. The standard InChI is InChI=1S/C16H14N2/c1-12-7-5-6-10-14(12)15-11-17-18-16(15)13-8-3-2-4-9-13/h2-11H,1H3,(H,17,18). The molecule has 0 aliphatic carbocycles. The van der Waals surface area contributed by atoms with Crippen molar-refractivity contribution in [1.82, 2.24) is 10.2 Å². The molecule has 1 N–H and O–H groups in total. The molecule has 0 saturated heterocycles. The number of aromatic amines is 1. The molecule has 1 heterocycles. The molecule has 3 aromatic rings. The first-order valence-electron chi connectivity index (χ1n) is 6.01. The number of rotatable bonds is 2. The normalized spacial score (nSPS) is 10.5. The van der Waals surface area contributed by atoms with Gasteiger partial charge in [0.15, 0.2) is 0 Å². The highest BCUT2D eigenvalue weighted by Crippen LogP contribution is 2.31. The summed E-state index contributed by atoms with van der Waals surface area (Å²) >= 11 is 0. The Morgan fingerprint density at radius 3 is 2.33 bits per heavy atom. The van der Waals surface area contributed by atoms with Crippen LogP contribution in [0.25, 0.3) is 22.4 Å². The highest BCUT2D eigenvalue weighted by molar-refractivity contribution is 5.81. The lowest BCUT2D eigenvalue weighted by Gasteiger charge is -2.06. The summed E-state index contributed by atoms with van der Waals surface area (Å²) in [4.78, 5) is 0. The largest absolute Gasteiger partial charge is 0.277 e. The zero-order chi connectivity index (χ0) is 12.4. The van der Waals surface area contributed by atoms with E-state index in [0.717, 1.165) is 16.8 Å². The summed E-state index contributed by atoms with van der Waals surface area (Å²) in [6.45, 7) is 2.12. The fourth-order valence-electron chi connectivity index (χ4n) is 2.19. The summed E-state index contributed by atoms with van der Waals surface area (Å²) in [6.07, 6.45) is 1.89. The Morgan fingerprint density at radius 1 is 0.833 bits per heavy atom. The Morgan fingerprint density at radius 2 is 1.56 bits per heavy atom. The Balaban J connectivity index is 2.16. The second-order valence-electron chi connectivity index (χ2n) is 4.34. The molecule has 1 aromatic heterocycles. The quantitative estimate of drug-likeness (QED) is 0.712. The fraction of sp³-hybridized carbons (Fsp3) is 0.0625. The van der Waals surface area contributed by atoms with Crippen molar-refractivity contribution in [2.75, 3.05) is 0 Å². The SMILES string of the molecule is Cc1ccccc1-c1cn[nH]c1-c1ccccc1. The molecule has 0 spiro atoms. The maximum absolute atomic E-state index is 4.19. The van der Waals surface area contributed by atoms with Gasteiger partial charge in [0.2, 0.25) is 0 Å². The average molecular weight is 234 g/mol. The van der Waals surface area contributed by atoms with Gasteiger partial charge in [-0.1, -0.05) is 54.6 Å². The van der Waals surface area contributed by atoms with Gasteiger partial charge in [-0.05, 0) is 18.1 Å². The minimum Gasteiger partial charge on any atom is -0.277 e. The summed E-state index contributed by atoms with van der Waals surface area (Å²) in [7, 11) is 0. The number of benzene rings is 2. The molecule has 3 rings (SSSR count). The van der Waals surface area contributed by atoms with Gasteiger partial charge in [-0.2, -0.15) is 5.10 Å². The molecule has 18 heavy (non-hydrogen) atoms. The predicted octanol–water partition coefficient (Wildman–Crippen LogP) is 4.05. The molecule has 2 aromatic carbocycles. The Labute approximate surface area is 106 Å². The van der Waals surface area contributed by atoms with E-state index in [4.69, 9.17) is 0 Å². The van der Waals surface area contributed by atoms with E-state index in [-0.39, 0.29) is 0 Å². The van der Waals surface area contributed by atoms with Crippen molar-refractivity contribution < 1.29 is 0 Å². The van der Waals surface area contributed by atoms with E-state index < -0.39 is 0 Å². The van der Waals surface area contributed by atoms with Gasteiger partial charge < -0.3 is 0 Å². The molecule has 0 atom stereocenters. The number of H-pyrrole nitrogens is 1. The first kappa shape index (κ1) is 10.8. The van der Waals surface area contributed by atoms with Gasteiger partial charge in [-0.3, -0.25) is 5.10 Å². The monoisotopic (exact) mass is 234 g/mol. The lowest BCUT2D eigenvalue weighted by atomic mass is 9.98. The summed E-state index contributed by atoms with van der Waals surface area (Å²) in [5.74, 6) is 0. The van der Waals surface area contributed by atoms with E-state index in [1.165, 1.54) is 11.1 Å². The summed E-state index contributed by atoms with van der Waals surface area (Å²) in [5.41, 5.74) is 5.87. The summed E-state index contributed by atoms with van der Waals surface area (Å²) in [5, 5.41) is 7.29. The maximum atomic E-state index is 4.19. The van der Waals surface area contributed by atoms with Gasteiger partial charge in [-0.15, -0.1) is 0 Å². The number of aryl methyl sites for hydroxylation is 1. The molecule has 2 nitrogen and oxygen atoms in total. The zero-order valence-corrected chi connectivity index (χ0v) is 10.2. The van der Waals surface area contributed by atoms with Crippen LogP contribution in [0.3, 0.4) is 0 Å². The van der Waals surface area contributed by atoms with Crippen molar-refractivity contribution >= 4 is 0 Å². The van der Waals surface area contributed by atoms with Crippen molar-refractivity contribution in [1.29, 1.82) is 0 Å². The smallest absolute Gasteiger partial charge is 0.0728 e. The summed E-state index contributed by atoms with van der Waals surface area (Å²) in [6, 6.07) is 18.7. The molecule has 2 heteroatoms. The van der Waals surface area contributed by atoms with Crippen LogP contribution >= 0.6 is 0 Å². The van der Waals surface area contributed by atoms with Gasteiger partial charge in [0.05, 0.1) is 11.9 Å². The first-order valence-corrected chi connectivity index (χ1v) is 6.01. The Bertz CT molecular complexity index is 654. The van der Waals surface area contributed by atoms with E-state index in [0.29, 0.717) is 0 Å². The van der Waals surface area contributed by atoms with Crippen molar-refractivity contribution in [2.45, 2.75) is 6.92 Å². The van der Waals surface area contributed by atoms with Crippen molar-refractivity contribution in [3.05, 3.63) is 66.4 Å². The zero-order valence-electron chi connectivity index (χ0n) is 10.2. The van der Waals surface area contributed by atoms with E-state index in [9.17, 15) is 0 Å². The molecule has 0 saturated carbocycles. The van der Waals surface area contributed by atoms with Crippen LogP contribution in [0.1, 0.15) is 5.56 Å². The number of nitrogens with zero attached hydrogens (tertiary/aromatic N) is 1. The third-order valence-corrected chi connectivity index (χ3v) is 3.14. The van der Waals surface area contributed by atoms with Crippen molar-refractivity contribution in [3.8, 4) is 22.4 Å². The molecule has 0 aliphatic heterocycles. The molecule has 88 valence electrons. The third kappa shape index (κ3) is 1.82. The lowest BCUT2D eigenvalue weighted by molar-refractivity contribution is 1.10. The molecule has 0 fully saturated rings. The highest BCUT2D eigenvalue weighted by Gasteiger charge is 2.10. The topological polar surface area (TPSA) is 28.7 Å². The van der Waals surface area contributed by atoms with Crippen LogP contribution in [0, 0.1) is 6.92 Å².